The van der Waals surface area contributed by atoms with E-state index >= 15 is 0 Å². The Morgan fingerprint density at radius 2 is 2.07 bits per heavy atom. The van der Waals surface area contributed by atoms with Crippen molar-refractivity contribution in [1.82, 2.24) is 0 Å². The molecular weight excluding hydrogens is 194 g/mol. The Kier molecular flexibility index (Phi) is 3.51. The summed E-state index contributed by atoms with van der Waals surface area (Å²) < 4.78 is 5.56. The largest absolute Gasteiger partial charge is 0.388 e. The first-order valence-corrected chi connectivity index (χ1v) is 5.48. The zero-order valence-corrected chi connectivity index (χ0v) is 9.99. The predicted molar refractivity (Wildman–Crippen MR) is 58.6 cm³/mol. The Morgan fingerprint density at radius 3 is 2.47 bits per heavy atom. The van der Waals surface area contributed by atoms with Gasteiger partial charge in [0.15, 0.2) is 0 Å². The molecule has 0 aromatic rings. The van der Waals surface area contributed by atoms with E-state index in [2.05, 4.69) is 19.0 Å². The second kappa shape index (κ2) is 4.18. The number of nitroso groups, excluding NO2 is 1. The van der Waals surface area contributed by atoms with E-state index < -0.39 is 11.6 Å². The number of ether oxygens (including phenoxy) is 1. The van der Waals surface area contributed by atoms with Gasteiger partial charge in [0, 0.05) is 13.5 Å². The van der Waals surface area contributed by atoms with Crippen LogP contribution in [-0.2, 0) is 4.74 Å². The van der Waals surface area contributed by atoms with Gasteiger partial charge in [-0.05, 0) is 25.7 Å². The summed E-state index contributed by atoms with van der Waals surface area (Å²) in [6.45, 7) is 5.83. The van der Waals surface area contributed by atoms with Crippen LogP contribution in [0.1, 0.15) is 40.0 Å². The first-order chi connectivity index (χ1) is 6.88. The van der Waals surface area contributed by atoms with E-state index in [0.29, 0.717) is 18.8 Å². The predicted octanol–water partition coefficient (Wildman–Crippen LogP) is 2.10. The van der Waals surface area contributed by atoms with E-state index in [-0.39, 0.29) is 5.60 Å². The zero-order valence-electron chi connectivity index (χ0n) is 9.99. The average molecular weight is 215 g/mol. The highest BCUT2D eigenvalue weighted by molar-refractivity contribution is 5.02. The van der Waals surface area contributed by atoms with Crippen LogP contribution in [-0.4, -0.2) is 29.5 Å². The fourth-order valence-electron chi connectivity index (χ4n) is 2.38. The van der Waals surface area contributed by atoms with Gasteiger partial charge in [0.2, 0.25) is 0 Å². The van der Waals surface area contributed by atoms with Gasteiger partial charge in [-0.25, -0.2) is 0 Å². The van der Waals surface area contributed by atoms with Crippen LogP contribution < -0.4 is 0 Å². The molecule has 0 spiro atoms. The second-order valence-electron chi connectivity index (χ2n) is 5.11. The average Bonchev–Trinajstić information content (AvgIpc) is 2.18. The van der Waals surface area contributed by atoms with Gasteiger partial charge in [-0.15, -0.1) is 0 Å². The third-order valence-electron chi connectivity index (χ3n) is 3.90. The maximum atomic E-state index is 10.7. The lowest BCUT2D eigenvalue weighted by atomic mass is 9.69. The Morgan fingerprint density at radius 1 is 1.47 bits per heavy atom. The van der Waals surface area contributed by atoms with Crippen LogP contribution in [0.25, 0.3) is 0 Å². The minimum Gasteiger partial charge on any atom is -0.388 e. The van der Waals surface area contributed by atoms with Gasteiger partial charge >= 0.3 is 0 Å². The molecule has 88 valence electrons. The Hall–Kier alpha value is -0.480. The van der Waals surface area contributed by atoms with E-state index in [1.807, 2.05) is 0 Å². The van der Waals surface area contributed by atoms with Crippen molar-refractivity contribution in [2.45, 2.75) is 57.3 Å². The first kappa shape index (κ1) is 12.6. The van der Waals surface area contributed by atoms with Crippen LogP contribution in [0.5, 0.6) is 0 Å². The van der Waals surface area contributed by atoms with Crippen LogP contribution in [0.15, 0.2) is 5.18 Å². The molecule has 4 heteroatoms. The van der Waals surface area contributed by atoms with E-state index in [1.165, 1.54) is 0 Å². The molecule has 1 aliphatic rings. The van der Waals surface area contributed by atoms with Crippen LogP contribution in [0.2, 0.25) is 0 Å². The topological polar surface area (TPSA) is 58.9 Å². The summed E-state index contributed by atoms with van der Waals surface area (Å²) in [6, 6.07) is -0.561. The molecule has 0 aromatic carbocycles. The van der Waals surface area contributed by atoms with Crippen molar-refractivity contribution in [3.8, 4) is 0 Å². The molecule has 1 fully saturated rings. The number of hydrogen-bond donors (Lipinski definition) is 1. The molecule has 4 nitrogen and oxygen atoms in total. The van der Waals surface area contributed by atoms with Crippen LogP contribution in [0.3, 0.4) is 0 Å². The number of nitrogens with zero attached hydrogens (tertiary/aromatic N) is 1. The summed E-state index contributed by atoms with van der Waals surface area (Å²) in [5.41, 5.74) is -1.28. The zero-order chi connectivity index (χ0) is 11.7. The normalized spacial score (nSPS) is 41.9. The SMILES string of the molecule is COC1(C(C)C)CCC(C)(O)C(N=O)C1. The monoisotopic (exact) mass is 215 g/mol. The van der Waals surface area contributed by atoms with E-state index in [1.54, 1.807) is 14.0 Å². The molecule has 0 amide bonds. The molecular formula is C11H21NO3. The summed E-state index contributed by atoms with van der Waals surface area (Å²) in [7, 11) is 1.67. The molecule has 15 heavy (non-hydrogen) atoms. The van der Waals surface area contributed by atoms with E-state index in [0.717, 1.165) is 6.42 Å². The van der Waals surface area contributed by atoms with Crippen LogP contribution >= 0.6 is 0 Å². The van der Waals surface area contributed by atoms with Gasteiger partial charge < -0.3 is 9.84 Å². The number of rotatable bonds is 3. The summed E-state index contributed by atoms with van der Waals surface area (Å²) in [6.07, 6.45) is 1.85. The molecule has 0 aliphatic heterocycles. The van der Waals surface area contributed by atoms with Gasteiger partial charge in [-0.2, -0.15) is 4.91 Å². The van der Waals surface area contributed by atoms with Gasteiger partial charge in [0.05, 0.1) is 11.2 Å². The molecule has 1 saturated carbocycles. The molecule has 3 unspecified atom stereocenters. The second-order valence-corrected chi connectivity index (χ2v) is 5.11. The molecule has 1 N–H and O–H groups in total. The lowest BCUT2D eigenvalue weighted by molar-refractivity contribution is -0.126. The summed E-state index contributed by atoms with van der Waals surface area (Å²) >= 11 is 0. The lowest BCUT2D eigenvalue weighted by Gasteiger charge is -2.46. The van der Waals surface area contributed by atoms with Crippen LogP contribution in [0.4, 0.5) is 0 Å². The quantitative estimate of drug-likeness (QED) is 0.733. The minimum atomic E-state index is -0.974. The summed E-state index contributed by atoms with van der Waals surface area (Å²) in [5, 5.41) is 13.0. The van der Waals surface area contributed by atoms with Gasteiger partial charge in [-0.1, -0.05) is 19.0 Å². The van der Waals surface area contributed by atoms with Crippen molar-refractivity contribution in [1.29, 1.82) is 0 Å². The van der Waals surface area contributed by atoms with Crippen molar-refractivity contribution < 1.29 is 9.84 Å². The molecule has 0 aromatic heterocycles. The highest BCUT2D eigenvalue weighted by Crippen LogP contribution is 2.42. The van der Waals surface area contributed by atoms with Crippen molar-refractivity contribution in [3.63, 3.8) is 0 Å². The fraction of sp³-hybridized carbons (Fsp3) is 1.00. The van der Waals surface area contributed by atoms with Gasteiger partial charge in [0.1, 0.15) is 6.04 Å². The molecule has 0 bridgehead atoms. The minimum absolute atomic E-state index is 0.305. The van der Waals surface area contributed by atoms with Gasteiger partial charge in [-0.3, -0.25) is 0 Å². The van der Waals surface area contributed by atoms with Crippen LogP contribution in [0, 0.1) is 10.8 Å². The summed E-state index contributed by atoms with van der Waals surface area (Å²) in [4.78, 5) is 10.7. The Bertz CT molecular complexity index is 240. The standard InChI is InChI=1S/C11H21NO3/c1-8(2)11(15-4)6-5-10(3,13)9(7-11)12-14/h8-9,13H,5-7H2,1-4H3. The Labute approximate surface area is 91.0 Å². The third-order valence-corrected chi connectivity index (χ3v) is 3.90. The maximum Gasteiger partial charge on any atom is 0.123 e. The number of hydrogen-bond acceptors (Lipinski definition) is 4. The van der Waals surface area contributed by atoms with Crippen molar-refractivity contribution in [3.05, 3.63) is 4.91 Å². The molecule has 0 saturated heterocycles. The van der Waals surface area contributed by atoms with Crippen molar-refractivity contribution >= 4 is 0 Å². The first-order valence-electron chi connectivity index (χ1n) is 5.48. The van der Waals surface area contributed by atoms with Gasteiger partial charge in [0.25, 0.3) is 0 Å². The van der Waals surface area contributed by atoms with Crippen molar-refractivity contribution in [2.24, 2.45) is 11.1 Å². The number of aliphatic hydroxyl groups is 1. The number of methoxy groups -OCH3 is 1. The molecule has 0 radical (unpaired) electrons. The van der Waals surface area contributed by atoms with E-state index in [4.69, 9.17) is 4.74 Å². The lowest BCUT2D eigenvalue weighted by Crippen LogP contribution is -2.53. The maximum absolute atomic E-state index is 10.7. The summed E-state index contributed by atoms with van der Waals surface area (Å²) in [5.74, 6) is 0.322. The van der Waals surface area contributed by atoms with Crippen molar-refractivity contribution in [2.75, 3.05) is 7.11 Å². The smallest absolute Gasteiger partial charge is 0.123 e. The highest BCUT2D eigenvalue weighted by atomic mass is 16.5. The fourth-order valence-corrected chi connectivity index (χ4v) is 2.38. The third kappa shape index (κ3) is 2.21. The highest BCUT2D eigenvalue weighted by Gasteiger charge is 2.48. The molecule has 0 heterocycles. The Balaban J connectivity index is 2.87. The van der Waals surface area contributed by atoms with E-state index in [9.17, 15) is 10.0 Å². The molecule has 3 atom stereocenters. The molecule has 1 aliphatic carbocycles. The molecule has 1 rings (SSSR count).